The third kappa shape index (κ3) is 3.44. The molecule has 1 heterocycles. The molecule has 0 aromatic carbocycles. The molecule has 0 aliphatic carbocycles. The Hall–Kier alpha value is -2.11. The lowest BCUT2D eigenvalue weighted by atomic mass is 10.2. The summed E-state index contributed by atoms with van der Waals surface area (Å²) in [5.74, 6) is -0.199. The number of carbonyl (C=O) groups excluding carboxylic acids is 2. The molecule has 0 saturated carbocycles. The van der Waals surface area contributed by atoms with E-state index in [1.54, 1.807) is 12.1 Å². The third-order valence-corrected chi connectivity index (χ3v) is 1.96. The second-order valence-corrected chi connectivity index (χ2v) is 3.07. The highest BCUT2D eigenvalue weighted by Crippen LogP contribution is 2.17. The van der Waals surface area contributed by atoms with E-state index in [4.69, 9.17) is 4.74 Å². The van der Waals surface area contributed by atoms with Gasteiger partial charge in [-0.05, 0) is 19.1 Å². The summed E-state index contributed by atoms with van der Waals surface area (Å²) >= 11 is 0. The highest BCUT2D eigenvalue weighted by atomic mass is 16.5. The van der Waals surface area contributed by atoms with Crippen LogP contribution < -0.4 is 10.1 Å². The van der Waals surface area contributed by atoms with E-state index >= 15 is 0 Å². The van der Waals surface area contributed by atoms with Crippen LogP contribution >= 0.6 is 0 Å². The van der Waals surface area contributed by atoms with Crippen LogP contribution in [-0.4, -0.2) is 31.1 Å². The number of aromatic nitrogens is 1. The van der Waals surface area contributed by atoms with Crippen molar-refractivity contribution in [3.8, 4) is 5.75 Å². The van der Waals surface area contributed by atoms with Gasteiger partial charge in [-0.3, -0.25) is 4.79 Å². The maximum Gasteiger partial charge on any atom is 0.360 e. The van der Waals surface area contributed by atoms with Crippen LogP contribution in [0.15, 0.2) is 12.1 Å². The van der Waals surface area contributed by atoms with Crippen molar-refractivity contribution in [2.24, 2.45) is 0 Å². The Bertz CT molecular complexity index is 406. The second-order valence-electron chi connectivity index (χ2n) is 3.07. The zero-order valence-corrected chi connectivity index (χ0v) is 9.73. The molecule has 0 aliphatic rings. The number of nitrogens with one attached hydrogen (secondary N) is 1. The van der Waals surface area contributed by atoms with Gasteiger partial charge in [0, 0.05) is 0 Å². The molecular weight excluding hydrogens is 224 g/mol. The zero-order valence-electron chi connectivity index (χ0n) is 9.73. The summed E-state index contributed by atoms with van der Waals surface area (Å²) in [5.41, 5.74) is 0.667. The van der Waals surface area contributed by atoms with Crippen LogP contribution in [0.5, 0.6) is 5.75 Å². The van der Waals surface area contributed by atoms with Gasteiger partial charge in [-0.1, -0.05) is 0 Å². The average molecular weight is 238 g/mol. The van der Waals surface area contributed by atoms with Gasteiger partial charge in [0.2, 0.25) is 6.41 Å². The highest BCUT2D eigenvalue weighted by Gasteiger charge is 2.15. The lowest BCUT2D eigenvalue weighted by Crippen LogP contribution is -2.14. The number of carbonyl (C=O) groups is 2. The Labute approximate surface area is 98.9 Å². The number of hydrogen-bond donors (Lipinski definition) is 1. The van der Waals surface area contributed by atoms with E-state index in [0.29, 0.717) is 24.5 Å². The Morgan fingerprint density at radius 1 is 1.53 bits per heavy atom. The standard InChI is InChI=1S/C11H14N2O4/c1-3-17-9-5-4-8(6-12-7-14)13-10(9)11(15)16-2/h4-5,7H,3,6H2,1-2H3,(H,12,14). The van der Waals surface area contributed by atoms with Crippen molar-refractivity contribution in [3.05, 3.63) is 23.5 Å². The lowest BCUT2D eigenvalue weighted by molar-refractivity contribution is -0.109. The van der Waals surface area contributed by atoms with E-state index in [0.717, 1.165) is 0 Å². The Kier molecular flexibility index (Phi) is 4.93. The maximum absolute atomic E-state index is 11.5. The number of rotatable bonds is 6. The molecule has 0 saturated heterocycles. The summed E-state index contributed by atoms with van der Waals surface area (Å²) in [6.45, 7) is 2.49. The lowest BCUT2D eigenvalue weighted by Gasteiger charge is -2.09. The first-order valence-corrected chi connectivity index (χ1v) is 5.11. The predicted molar refractivity (Wildman–Crippen MR) is 59.6 cm³/mol. The SMILES string of the molecule is CCOc1ccc(CNC=O)nc1C(=O)OC. The number of esters is 1. The molecule has 0 atom stereocenters. The van der Waals surface area contributed by atoms with Crippen LogP contribution in [-0.2, 0) is 16.1 Å². The third-order valence-electron chi connectivity index (χ3n) is 1.96. The maximum atomic E-state index is 11.5. The molecular formula is C11H14N2O4. The van der Waals surface area contributed by atoms with Crippen molar-refractivity contribution in [3.63, 3.8) is 0 Å². The Morgan fingerprint density at radius 2 is 2.29 bits per heavy atom. The monoisotopic (exact) mass is 238 g/mol. The van der Waals surface area contributed by atoms with Crippen LogP contribution in [0.3, 0.4) is 0 Å². The van der Waals surface area contributed by atoms with Crippen molar-refractivity contribution < 1.29 is 19.1 Å². The van der Waals surface area contributed by atoms with E-state index in [1.165, 1.54) is 7.11 Å². The van der Waals surface area contributed by atoms with Gasteiger partial charge in [0.1, 0.15) is 0 Å². The van der Waals surface area contributed by atoms with E-state index in [9.17, 15) is 9.59 Å². The van der Waals surface area contributed by atoms with E-state index in [2.05, 4.69) is 15.0 Å². The molecule has 0 radical (unpaired) electrons. The number of nitrogens with zero attached hydrogens (tertiary/aromatic N) is 1. The number of hydrogen-bond acceptors (Lipinski definition) is 5. The van der Waals surface area contributed by atoms with Crippen molar-refractivity contribution in [1.29, 1.82) is 0 Å². The summed E-state index contributed by atoms with van der Waals surface area (Å²) in [4.78, 5) is 25.7. The van der Waals surface area contributed by atoms with E-state index in [1.807, 2.05) is 6.92 Å². The molecule has 1 aromatic rings. The summed E-state index contributed by atoms with van der Waals surface area (Å²) in [6.07, 6.45) is 0.565. The summed E-state index contributed by atoms with van der Waals surface area (Å²) in [6, 6.07) is 3.30. The van der Waals surface area contributed by atoms with Crippen molar-refractivity contribution >= 4 is 12.4 Å². The number of pyridine rings is 1. The minimum Gasteiger partial charge on any atom is -0.491 e. The molecule has 0 bridgehead atoms. The highest BCUT2D eigenvalue weighted by molar-refractivity contribution is 5.90. The van der Waals surface area contributed by atoms with Crippen LogP contribution in [0.25, 0.3) is 0 Å². The van der Waals surface area contributed by atoms with Gasteiger partial charge >= 0.3 is 5.97 Å². The molecule has 1 aromatic heterocycles. The Balaban J connectivity index is 3.00. The smallest absolute Gasteiger partial charge is 0.360 e. The van der Waals surface area contributed by atoms with Gasteiger partial charge in [0.05, 0.1) is 26.0 Å². The molecule has 17 heavy (non-hydrogen) atoms. The average Bonchev–Trinajstić information content (AvgIpc) is 2.37. The van der Waals surface area contributed by atoms with E-state index < -0.39 is 5.97 Å². The zero-order chi connectivity index (χ0) is 12.7. The van der Waals surface area contributed by atoms with Gasteiger partial charge in [-0.15, -0.1) is 0 Å². The van der Waals surface area contributed by atoms with Crippen LogP contribution in [0.1, 0.15) is 23.1 Å². The molecule has 0 unspecified atom stereocenters. The van der Waals surface area contributed by atoms with Crippen LogP contribution in [0.4, 0.5) is 0 Å². The van der Waals surface area contributed by atoms with Gasteiger partial charge < -0.3 is 14.8 Å². The first-order valence-electron chi connectivity index (χ1n) is 5.11. The van der Waals surface area contributed by atoms with Crippen molar-refractivity contribution in [2.75, 3.05) is 13.7 Å². The second kappa shape index (κ2) is 6.47. The minimum absolute atomic E-state index is 0.111. The summed E-state index contributed by atoms with van der Waals surface area (Å²) in [7, 11) is 1.27. The molecule has 1 rings (SSSR count). The van der Waals surface area contributed by atoms with Crippen LogP contribution in [0, 0.1) is 0 Å². The first-order chi connectivity index (χ1) is 8.22. The molecule has 92 valence electrons. The van der Waals surface area contributed by atoms with Gasteiger partial charge in [0.15, 0.2) is 11.4 Å². The number of methoxy groups -OCH3 is 1. The minimum atomic E-state index is -0.568. The molecule has 6 nitrogen and oxygen atoms in total. The normalized spacial score (nSPS) is 9.53. The molecule has 1 N–H and O–H groups in total. The Morgan fingerprint density at radius 3 is 2.88 bits per heavy atom. The van der Waals surface area contributed by atoms with Crippen LogP contribution in [0.2, 0.25) is 0 Å². The molecule has 1 amide bonds. The van der Waals surface area contributed by atoms with Gasteiger partial charge in [0.25, 0.3) is 0 Å². The number of ether oxygens (including phenoxy) is 2. The topological polar surface area (TPSA) is 77.5 Å². The predicted octanol–water partition coefficient (Wildman–Crippen LogP) is 0.513. The molecule has 0 aliphatic heterocycles. The van der Waals surface area contributed by atoms with Crippen molar-refractivity contribution in [2.45, 2.75) is 13.5 Å². The molecule has 6 heteroatoms. The summed E-state index contributed by atoms with van der Waals surface area (Å²) < 4.78 is 9.88. The quantitative estimate of drug-likeness (QED) is 0.577. The fourth-order valence-electron chi connectivity index (χ4n) is 1.25. The van der Waals surface area contributed by atoms with Gasteiger partial charge in [-0.2, -0.15) is 0 Å². The first kappa shape index (κ1) is 13.0. The largest absolute Gasteiger partial charge is 0.491 e. The fourth-order valence-corrected chi connectivity index (χ4v) is 1.25. The van der Waals surface area contributed by atoms with Gasteiger partial charge in [-0.25, -0.2) is 9.78 Å². The van der Waals surface area contributed by atoms with E-state index in [-0.39, 0.29) is 12.2 Å². The molecule has 0 spiro atoms. The van der Waals surface area contributed by atoms with Crippen molar-refractivity contribution in [1.82, 2.24) is 10.3 Å². The molecule has 0 fully saturated rings. The summed E-state index contributed by atoms with van der Waals surface area (Å²) in [5, 5.41) is 2.46. The fraction of sp³-hybridized carbons (Fsp3) is 0.364. The number of amides is 1.